The summed E-state index contributed by atoms with van der Waals surface area (Å²) in [5.41, 5.74) is 5.33. The van der Waals surface area contributed by atoms with Crippen LogP contribution in [-0.2, 0) is 16.6 Å². The van der Waals surface area contributed by atoms with Gasteiger partial charge < -0.3 is 10.2 Å². The maximum absolute atomic E-state index is 11.8. The van der Waals surface area contributed by atoms with Crippen LogP contribution in [0.4, 0.5) is 5.13 Å². The van der Waals surface area contributed by atoms with Gasteiger partial charge in [-0.1, -0.05) is 11.3 Å². The summed E-state index contributed by atoms with van der Waals surface area (Å²) in [6.07, 6.45) is 0. The van der Waals surface area contributed by atoms with Crippen molar-refractivity contribution in [1.29, 1.82) is 0 Å². The first-order chi connectivity index (χ1) is 8.01. The van der Waals surface area contributed by atoms with E-state index in [1.165, 1.54) is 12.1 Å². The highest BCUT2D eigenvalue weighted by atomic mass is 32.2. The number of aromatic nitrogens is 2. The SMILES string of the molecule is Cc1nnc(NS(=O)(=O)c2ccc(CN)o2)s1. The van der Waals surface area contributed by atoms with Crippen LogP contribution in [0, 0.1) is 6.92 Å². The zero-order valence-corrected chi connectivity index (χ0v) is 10.5. The number of aryl methyl sites for hydroxylation is 1. The van der Waals surface area contributed by atoms with Crippen molar-refractivity contribution in [3.63, 3.8) is 0 Å². The molecule has 0 saturated carbocycles. The largest absolute Gasteiger partial charge is 0.446 e. The minimum absolute atomic E-state index is 0.146. The highest BCUT2D eigenvalue weighted by Crippen LogP contribution is 2.20. The molecule has 0 amide bonds. The number of rotatable bonds is 4. The van der Waals surface area contributed by atoms with E-state index in [0.717, 1.165) is 11.3 Å². The van der Waals surface area contributed by atoms with Gasteiger partial charge in [-0.05, 0) is 19.1 Å². The summed E-state index contributed by atoms with van der Waals surface area (Å²) in [5, 5.41) is 8.06. The molecule has 2 rings (SSSR count). The van der Waals surface area contributed by atoms with Gasteiger partial charge >= 0.3 is 0 Å². The summed E-state index contributed by atoms with van der Waals surface area (Å²) in [4.78, 5) is 0. The molecule has 0 fully saturated rings. The van der Waals surface area contributed by atoms with Gasteiger partial charge in [0.25, 0.3) is 10.0 Å². The van der Waals surface area contributed by atoms with Crippen molar-refractivity contribution in [3.05, 3.63) is 22.9 Å². The molecule has 0 unspecified atom stereocenters. The molecule has 9 heteroatoms. The molecule has 3 N–H and O–H groups in total. The molecule has 0 aromatic carbocycles. The van der Waals surface area contributed by atoms with Crippen LogP contribution in [0.25, 0.3) is 0 Å². The molecule has 17 heavy (non-hydrogen) atoms. The van der Waals surface area contributed by atoms with E-state index in [2.05, 4.69) is 14.9 Å². The number of hydrogen-bond acceptors (Lipinski definition) is 7. The molecule has 0 aliphatic carbocycles. The van der Waals surface area contributed by atoms with Crippen LogP contribution in [0.5, 0.6) is 0 Å². The lowest BCUT2D eigenvalue weighted by Crippen LogP contribution is -2.12. The molecule has 92 valence electrons. The zero-order chi connectivity index (χ0) is 12.5. The fourth-order valence-corrected chi connectivity index (χ4v) is 2.89. The van der Waals surface area contributed by atoms with Gasteiger partial charge in [-0.15, -0.1) is 10.2 Å². The van der Waals surface area contributed by atoms with Gasteiger partial charge in [0.1, 0.15) is 10.8 Å². The number of nitrogens with zero attached hydrogens (tertiary/aromatic N) is 2. The van der Waals surface area contributed by atoms with E-state index in [1.807, 2.05) is 0 Å². The Hall–Kier alpha value is -1.45. The molecule has 0 bridgehead atoms. The minimum atomic E-state index is -3.75. The summed E-state index contributed by atoms with van der Waals surface area (Å²) in [6, 6.07) is 2.86. The molecule has 0 radical (unpaired) electrons. The van der Waals surface area contributed by atoms with E-state index in [9.17, 15) is 8.42 Å². The molecular formula is C8H10N4O3S2. The van der Waals surface area contributed by atoms with Gasteiger partial charge in [0.15, 0.2) is 0 Å². The average Bonchev–Trinajstić information content (AvgIpc) is 2.86. The van der Waals surface area contributed by atoms with Crippen LogP contribution >= 0.6 is 11.3 Å². The van der Waals surface area contributed by atoms with Gasteiger partial charge in [-0.3, -0.25) is 4.72 Å². The van der Waals surface area contributed by atoms with Crippen LogP contribution < -0.4 is 10.5 Å². The quantitative estimate of drug-likeness (QED) is 0.848. The summed E-state index contributed by atoms with van der Waals surface area (Å²) < 4.78 is 31.0. The molecule has 2 heterocycles. The van der Waals surface area contributed by atoms with Crippen LogP contribution in [0.1, 0.15) is 10.8 Å². The zero-order valence-electron chi connectivity index (χ0n) is 8.87. The lowest BCUT2D eigenvalue weighted by atomic mass is 10.5. The van der Waals surface area contributed by atoms with Crippen molar-refractivity contribution in [2.75, 3.05) is 4.72 Å². The minimum Gasteiger partial charge on any atom is -0.446 e. The third-order valence-electron chi connectivity index (χ3n) is 1.85. The second-order valence-electron chi connectivity index (χ2n) is 3.16. The van der Waals surface area contributed by atoms with E-state index in [4.69, 9.17) is 10.2 Å². The molecule has 0 atom stereocenters. The van der Waals surface area contributed by atoms with Crippen molar-refractivity contribution < 1.29 is 12.8 Å². The molecule has 7 nitrogen and oxygen atoms in total. The normalized spacial score (nSPS) is 11.6. The summed E-state index contributed by atoms with van der Waals surface area (Å²) in [7, 11) is -3.75. The van der Waals surface area contributed by atoms with Crippen molar-refractivity contribution in [1.82, 2.24) is 10.2 Å². The van der Waals surface area contributed by atoms with E-state index in [-0.39, 0.29) is 16.8 Å². The first-order valence-corrected chi connectivity index (χ1v) is 6.93. The Labute approximate surface area is 102 Å². The average molecular weight is 274 g/mol. The number of anilines is 1. The Morgan fingerprint density at radius 2 is 2.24 bits per heavy atom. The van der Waals surface area contributed by atoms with E-state index in [0.29, 0.717) is 10.8 Å². The Kier molecular flexibility index (Phi) is 3.13. The van der Waals surface area contributed by atoms with Crippen LogP contribution in [0.3, 0.4) is 0 Å². The smallest absolute Gasteiger partial charge is 0.297 e. The number of sulfonamides is 1. The molecule has 0 spiro atoms. The highest BCUT2D eigenvalue weighted by Gasteiger charge is 2.20. The van der Waals surface area contributed by atoms with Gasteiger partial charge in [-0.2, -0.15) is 8.42 Å². The van der Waals surface area contributed by atoms with Crippen LogP contribution in [0.2, 0.25) is 0 Å². The number of nitrogens with one attached hydrogen (secondary N) is 1. The standard InChI is InChI=1S/C8H10N4O3S2/c1-5-10-11-8(16-5)12-17(13,14)7-3-2-6(4-9)15-7/h2-3H,4,9H2,1H3,(H,11,12). The van der Waals surface area contributed by atoms with Gasteiger partial charge in [0.05, 0.1) is 6.54 Å². The highest BCUT2D eigenvalue weighted by molar-refractivity contribution is 7.92. The first-order valence-electron chi connectivity index (χ1n) is 4.63. The van der Waals surface area contributed by atoms with Gasteiger partial charge in [0, 0.05) is 0 Å². The van der Waals surface area contributed by atoms with E-state index < -0.39 is 10.0 Å². The second kappa shape index (κ2) is 4.43. The van der Waals surface area contributed by atoms with Gasteiger partial charge in [-0.25, -0.2) is 0 Å². The molecule has 2 aromatic heterocycles. The molecule has 0 saturated heterocycles. The lowest BCUT2D eigenvalue weighted by molar-refractivity contribution is 0.417. The van der Waals surface area contributed by atoms with Crippen molar-refractivity contribution >= 4 is 26.5 Å². The molecule has 2 aromatic rings. The Bertz CT molecular complexity index is 616. The van der Waals surface area contributed by atoms with Crippen molar-refractivity contribution in [3.8, 4) is 0 Å². The van der Waals surface area contributed by atoms with Crippen LogP contribution in [-0.4, -0.2) is 18.6 Å². The summed E-state index contributed by atoms with van der Waals surface area (Å²) >= 11 is 1.14. The maximum Gasteiger partial charge on any atom is 0.297 e. The fraction of sp³-hybridized carbons (Fsp3) is 0.250. The predicted octanol–water partition coefficient (Wildman–Crippen LogP) is 0.699. The number of nitrogens with two attached hydrogens (primary N) is 1. The number of furan rings is 1. The van der Waals surface area contributed by atoms with Gasteiger partial charge in [0.2, 0.25) is 10.2 Å². The predicted molar refractivity (Wildman–Crippen MR) is 62.1 cm³/mol. The van der Waals surface area contributed by atoms with E-state index >= 15 is 0 Å². The topological polar surface area (TPSA) is 111 Å². The maximum atomic E-state index is 11.8. The Morgan fingerprint density at radius 1 is 1.47 bits per heavy atom. The number of hydrogen-bond donors (Lipinski definition) is 2. The Balaban J connectivity index is 2.24. The third-order valence-corrected chi connectivity index (χ3v) is 3.95. The van der Waals surface area contributed by atoms with Crippen LogP contribution in [0.15, 0.2) is 21.6 Å². The second-order valence-corrected chi connectivity index (χ2v) is 5.95. The van der Waals surface area contributed by atoms with Crippen molar-refractivity contribution in [2.24, 2.45) is 5.73 Å². The molecule has 0 aliphatic rings. The monoisotopic (exact) mass is 274 g/mol. The van der Waals surface area contributed by atoms with E-state index in [1.54, 1.807) is 6.92 Å². The molecular weight excluding hydrogens is 264 g/mol. The van der Waals surface area contributed by atoms with Crippen molar-refractivity contribution in [2.45, 2.75) is 18.6 Å². The first kappa shape index (κ1) is 12.0. The Morgan fingerprint density at radius 3 is 2.76 bits per heavy atom. The lowest BCUT2D eigenvalue weighted by Gasteiger charge is -2.00. The molecule has 0 aliphatic heterocycles. The summed E-state index contributed by atoms with van der Waals surface area (Å²) in [6.45, 7) is 1.88. The fourth-order valence-electron chi connectivity index (χ4n) is 1.12. The third kappa shape index (κ3) is 2.62. The summed E-state index contributed by atoms with van der Waals surface area (Å²) in [5.74, 6) is 0.402.